The lowest BCUT2D eigenvalue weighted by Gasteiger charge is -2.36. The van der Waals surface area contributed by atoms with Crippen LogP contribution in [0.3, 0.4) is 0 Å². The Balaban J connectivity index is 1.66. The summed E-state index contributed by atoms with van der Waals surface area (Å²) < 4.78 is 81.7. The second kappa shape index (κ2) is 14.9. The van der Waals surface area contributed by atoms with Crippen LogP contribution in [-0.4, -0.2) is 60.9 Å². The number of nitrogens with one attached hydrogen (secondary N) is 1. The van der Waals surface area contributed by atoms with Gasteiger partial charge in [-0.1, -0.05) is 67.1 Å². The van der Waals surface area contributed by atoms with Gasteiger partial charge in [-0.15, -0.1) is 0 Å². The van der Waals surface area contributed by atoms with Gasteiger partial charge in [-0.25, -0.2) is 0 Å². The maximum atomic E-state index is 13.8. The zero-order valence-corrected chi connectivity index (χ0v) is 25.0. The van der Waals surface area contributed by atoms with Crippen molar-refractivity contribution in [2.24, 2.45) is 0 Å². The predicted molar refractivity (Wildman–Crippen MR) is 160 cm³/mol. The number of amides is 2. The van der Waals surface area contributed by atoms with E-state index in [-0.39, 0.29) is 24.8 Å². The molecule has 1 fully saturated rings. The Labute approximate surface area is 259 Å². The molecule has 0 radical (unpaired) electrons. The number of likely N-dealkylation sites (tertiary alicyclic amines) is 1. The highest BCUT2D eigenvalue weighted by molar-refractivity contribution is 5.95. The number of hydrogen-bond acceptors (Lipinski definition) is 3. The van der Waals surface area contributed by atoms with E-state index in [9.17, 15) is 35.9 Å². The molecule has 11 heteroatoms. The first kappa shape index (κ1) is 34.0. The second-order valence-corrected chi connectivity index (χ2v) is 11.4. The van der Waals surface area contributed by atoms with Crippen LogP contribution in [0.5, 0.6) is 0 Å². The van der Waals surface area contributed by atoms with Crippen LogP contribution < -0.4 is 5.32 Å². The standard InChI is InChI=1S/C34H37F6N3O2/c1-42(32(45)26-21-27(33(35,36)37)23-28(22-26)34(38,39)40)29(15-16-30(44)41-17-20-43-18-9-4-10-19-43)31(24-11-5-2-6-12-24)25-13-7-3-8-14-25/h2-3,5-8,11-14,21-23,29,31H,4,9-10,15-20H2,1H3,(H,41,44). The molecule has 0 bridgehead atoms. The number of halogens is 6. The number of nitrogens with zero attached hydrogens (tertiary/aromatic N) is 2. The first-order valence-corrected chi connectivity index (χ1v) is 15.0. The van der Waals surface area contributed by atoms with Gasteiger partial charge < -0.3 is 15.1 Å². The Morgan fingerprint density at radius 2 is 1.31 bits per heavy atom. The van der Waals surface area contributed by atoms with Crippen LogP contribution in [-0.2, 0) is 17.1 Å². The minimum Gasteiger partial charge on any atom is -0.355 e. The number of rotatable bonds is 11. The van der Waals surface area contributed by atoms with Crippen molar-refractivity contribution < 1.29 is 35.9 Å². The summed E-state index contributed by atoms with van der Waals surface area (Å²) in [5.41, 5.74) is -2.32. The average molecular weight is 634 g/mol. The summed E-state index contributed by atoms with van der Waals surface area (Å²) in [4.78, 5) is 30.2. The van der Waals surface area contributed by atoms with E-state index in [1.165, 1.54) is 18.4 Å². The van der Waals surface area contributed by atoms with Gasteiger partial charge in [0, 0.05) is 44.1 Å². The van der Waals surface area contributed by atoms with E-state index in [1.54, 1.807) is 24.3 Å². The molecular formula is C34H37F6N3O2. The fourth-order valence-electron chi connectivity index (χ4n) is 5.88. The number of piperidine rings is 1. The number of carbonyl (C=O) groups is 2. The summed E-state index contributed by atoms with van der Waals surface area (Å²) in [5, 5.41) is 2.92. The molecule has 3 aromatic rings. The molecule has 1 atom stereocenters. The predicted octanol–water partition coefficient (Wildman–Crippen LogP) is 7.38. The molecule has 45 heavy (non-hydrogen) atoms. The van der Waals surface area contributed by atoms with Gasteiger partial charge in [-0.05, 0) is 61.7 Å². The summed E-state index contributed by atoms with van der Waals surface area (Å²) in [7, 11) is 1.35. The molecule has 3 aromatic carbocycles. The SMILES string of the molecule is CN(C(=O)c1cc(C(F)(F)F)cc(C(F)(F)F)c1)C(CCC(=O)NCCN1CCCCC1)C(c1ccccc1)c1ccccc1. The molecule has 1 heterocycles. The molecular weight excluding hydrogens is 596 g/mol. The maximum Gasteiger partial charge on any atom is 0.416 e. The maximum absolute atomic E-state index is 13.8. The molecule has 5 nitrogen and oxygen atoms in total. The van der Waals surface area contributed by atoms with Crippen LogP contribution in [0.2, 0.25) is 0 Å². The van der Waals surface area contributed by atoms with Gasteiger partial charge in [-0.3, -0.25) is 9.59 Å². The van der Waals surface area contributed by atoms with Crippen molar-refractivity contribution in [2.45, 2.75) is 56.4 Å². The number of hydrogen-bond donors (Lipinski definition) is 1. The van der Waals surface area contributed by atoms with Crippen LogP contribution in [0, 0.1) is 0 Å². The van der Waals surface area contributed by atoms with Crippen LogP contribution >= 0.6 is 0 Å². The monoisotopic (exact) mass is 633 g/mol. The van der Waals surface area contributed by atoms with Crippen molar-refractivity contribution in [2.75, 3.05) is 33.2 Å². The Bertz CT molecular complexity index is 1340. The smallest absolute Gasteiger partial charge is 0.355 e. The number of benzene rings is 3. The van der Waals surface area contributed by atoms with Crippen LogP contribution in [0.25, 0.3) is 0 Å². The summed E-state index contributed by atoms with van der Waals surface area (Å²) in [6, 6.07) is 18.3. The molecule has 1 saturated heterocycles. The van der Waals surface area contributed by atoms with Crippen LogP contribution in [0.4, 0.5) is 26.3 Å². The molecule has 1 aliphatic rings. The van der Waals surface area contributed by atoms with E-state index in [0.29, 0.717) is 25.2 Å². The molecule has 0 aliphatic carbocycles. The fourth-order valence-corrected chi connectivity index (χ4v) is 5.88. The molecule has 4 rings (SSSR count). The summed E-state index contributed by atoms with van der Waals surface area (Å²) in [6.45, 7) is 3.11. The lowest BCUT2D eigenvalue weighted by Crippen LogP contribution is -2.43. The first-order valence-electron chi connectivity index (χ1n) is 15.0. The Morgan fingerprint density at radius 3 is 1.80 bits per heavy atom. The molecule has 242 valence electrons. The van der Waals surface area contributed by atoms with Gasteiger partial charge in [0.15, 0.2) is 0 Å². The van der Waals surface area contributed by atoms with Gasteiger partial charge in [0.2, 0.25) is 5.91 Å². The molecule has 1 N–H and O–H groups in total. The highest BCUT2D eigenvalue weighted by Crippen LogP contribution is 2.38. The lowest BCUT2D eigenvalue weighted by atomic mass is 9.82. The summed E-state index contributed by atoms with van der Waals surface area (Å²) >= 11 is 0. The van der Waals surface area contributed by atoms with Crippen molar-refractivity contribution in [3.8, 4) is 0 Å². The first-order chi connectivity index (χ1) is 21.3. The summed E-state index contributed by atoms with van der Waals surface area (Å²) in [6.07, 6.45) is -6.67. The summed E-state index contributed by atoms with van der Waals surface area (Å²) in [5.74, 6) is -1.80. The molecule has 0 spiro atoms. The van der Waals surface area contributed by atoms with Crippen molar-refractivity contribution in [3.63, 3.8) is 0 Å². The third-order valence-corrected chi connectivity index (χ3v) is 8.22. The van der Waals surface area contributed by atoms with E-state index in [2.05, 4.69) is 10.2 Å². The van der Waals surface area contributed by atoms with Crippen LogP contribution in [0.15, 0.2) is 78.9 Å². The second-order valence-electron chi connectivity index (χ2n) is 11.4. The third kappa shape index (κ3) is 9.32. The van der Waals surface area contributed by atoms with E-state index < -0.39 is 46.9 Å². The Kier molecular flexibility index (Phi) is 11.3. The van der Waals surface area contributed by atoms with E-state index in [4.69, 9.17) is 0 Å². The van der Waals surface area contributed by atoms with Gasteiger partial charge >= 0.3 is 12.4 Å². The van der Waals surface area contributed by atoms with Crippen molar-refractivity contribution in [3.05, 3.63) is 107 Å². The topological polar surface area (TPSA) is 52.7 Å². The number of likely N-dealkylation sites (N-methyl/N-ethyl adjacent to an activating group) is 1. The zero-order chi connectivity index (χ0) is 32.6. The third-order valence-electron chi connectivity index (χ3n) is 8.22. The van der Waals surface area contributed by atoms with E-state index >= 15 is 0 Å². The van der Waals surface area contributed by atoms with E-state index in [0.717, 1.165) is 37.1 Å². The van der Waals surface area contributed by atoms with Crippen molar-refractivity contribution in [1.29, 1.82) is 0 Å². The quantitative estimate of drug-likeness (QED) is 0.224. The lowest BCUT2D eigenvalue weighted by molar-refractivity contribution is -0.143. The largest absolute Gasteiger partial charge is 0.416 e. The fraction of sp³-hybridized carbons (Fsp3) is 0.412. The van der Waals surface area contributed by atoms with Gasteiger partial charge in [0.05, 0.1) is 11.1 Å². The van der Waals surface area contributed by atoms with Crippen molar-refractivity contribution >= 4 is 11.8 Å². The van der Waals surface area contributed by atoms with Crippen LogP contribution in [0.1, 0.15) is 70.6 Å². The Hall–Kier alpha value is -3.86. The molecule has 1 unspecified atom stereocenters. The minimum atomic E-state index is -5.10. The highest BCUT2D eigenvalue weighted by atomic mass is 19.4. The normalized spacial score (nSPS) is 15.1. The molecule has 0 aromatic heterocycles. The number of alkyl halides is 6. The molecule has 2 amide bonds. The zero-order valence-electron chi connectivity index (χ0n) is 25.0. The molecule has 0 saturated carbocycles. The van der Waals surface area contributed by atoms with E-state index in [1.807, 2.05) is 36.4 Å². The average Bonchev–Trinajstić information content (AvgIpc) is 3.02. The minimum absolute atomic E-state index is 0.000761. The Morgan fingerprint density at radius 1 is 0.800 bits per heavy atom. The van der Waals surface area contributed by atoms with Gasteiger partial charge in [0.1, 0.15) is 0 Å². The molecule has 1 aliphatic heterocycles. The van der Waals surface area contributed by atoms with Crippen molar-refractivity contribution in [1.82, 2.24) is 15.1 Å². The highest BCUT2D eigenvalue weighted by Gasteiger charge is 2.39. The van der Waals surface area contributed by atoms with Gasteiger partial charge in [0.25, 0.3) is 5.91 Å². The number of carbonyl (C=O) groups excluding carboxylic acids is 2. The van der Waals surface area contributed by atoms with Gasteiger partial charge in [-0.2, -0.15) is 26.3 Å².